The second kappa shape index (κ2) is 7.78. The first-order valence-electron chi connectivity index (χ1n) is 11.6. The Morgan fingerprint density at radius 3 is 2.61 bits per heavy atom. The van der Waals surface area contributed by atoms with E-state index in [0.29, 0.717) is 5.92 Å². The molecule has 3 aromatic rings. The van der Waals surface area contributed by atoms with Gasteiger partial charge in [0, 0.05) is 11.6 Å². The molecule has 0 radical (unpaired) electrons. The Kier molecular flexibility index (Phi) is 4.90. The molecule has 0 aromatic heterocycles. The van der Waals surface area contributed by atoms with Crippen molar-refractivity contribution in [3.8, 4) is 0 Å². The van der Waals surface area contributed by atoms with Crippen molar-refractivity contribution in [1.29, 1.82) is 0 Å². The fourth-order valence-corrected chi connectivity index (χ4v) is 5.90. The SMILES string of the molecule is OC(c1ccc(Cl)cc1)C1CCN(Cc2c3c(cc4ccccc24)C=CC2CC32)CC1. The number of nitrogens with zero attached hydrogens (tertiary/aromatic N) is 1. The molecule has 0 amide bonds. The van der Waals surface area contributed by atoms with Gasteiger partial charge in [0.15, 0.2) is 0 Å². The molecule has 0 bridgehead atoms. The van der Waals surface area contributed by atoms with E-state index in [2.05, 4.69) is 47.4 Å². The molecule has 2 aliphatic carbocycles. The fourth-order valence-electron chi connectivity index (χ4n) is 5.78. The number of hydrogen-bond acceptors (Lipinski definition) is 2. The average molecular weight is 430 g/mol. The molecule has 31 heavy (non-hydrogen) atoms. The minimum absolute atomic E-state index is 0.314. The Hall–Kier alpha value is -2.13. The highest BCUT2D eigenvalue weighted by atomic mass is 35.5. The molecule has 3 atom stereocenters. The van der Waals surface area contributed by atoms with Crippen LogP contribution in [0.1, 0.15) is 53.5 Å². The number of piperidine rings is 1. The lowest BCUT2D eigenvalue weighted by Crippen LogP contribution is -2.35. The minimum Gasteiger partial charge on any atom is -0.388 e. The summed E-state index contributed by atoms with van der Waals surface area (Å²) in [7, 11) is 0. The van der Waals surface area contributed by atoms with Gasteiger partial charge in [0.25, 0.3) is 0 Å². The highest BCUT2D eigenvalue weighted by molar-refractivity contribution is 6.30. The summed E-state index contributed by atoms with van der Waals surface area (Å²) < 4.78 is 0. The summed E-state index contributed by atoms with van der Waals surface area (Å²) in [6, 6.07) is 18.9. The van der Waals surface area contributed by atoms with Crippen LogP contribution < -0.4 is 0 Å². The van der Waals surface area contributed by atoms with Crippen LogP contribution in [-0.4, -0.2) is 23.1 Å². The average Bonchev–Trinajstić information content (AvgIpc) is 3.59. The van der Waals surface area contributed by atoms with Crippen molar-refractivity contribution in [2.75, 3.05) is 13.1 Å². The lowest BCUT2D eigenvalue weighted by atomic mass is 9.85. The van der Waals surface area contributed by atoms with Crippen molar-refractivity contribution in [3.63, 3.8) is 0 Å². The Morgan fingerprint density at radius 1 is 1.03 bits per heavy atom. The van der Waals surface area contributed by atoms with Gasteiger partial charge in [-0.15, -0.1) is 0 Å². The van der Waals surface area contributed by atoms with Crippen LogP contribution in [0.5, 0.6) is 0 Å². The topological polar surface area (TPSA) is 23.5 Å². The summed E-state index contributed by atoms with van der Waals surface area (Å²) in [5.41, 5.74) is 5.56. The summed E-state index contributed by atoms with van der Waals surface area (Å²) in [6.45, 7) is 3.10. The highest BCUT2D eigenvalue weighted by Gasteiger charge is 2.41. The van der Waals surface area contributed by atoms with E-state index < -0.39 is 6.10 Å². The third-order valence-electron chi connectivity index (χ3n) is 7.64. The van der Waals surface area contributed by atoms with Crippen LogP contribution in [0.25, 0.3) is 16.8 Å². The molecule has 0 spiro atoms. The van der Waals surface area contributed by atoms with Gasteiger partial charge in [-0.1, -0.05) is 60.2 Å². The molecule has 1 N–H and O–H groups in total. The second-order valence-corrected chi connectivity index (χ2v) is 9.99. The van der Waals surface area contributed by atoms with E-state index in [0.717, 1.165) is 54.9 Å². The Labute approximate surface area is 189 Å². The van der Waals surface area contributed by atoms with Crippen molar-refractivity contribution in [2.24, 2.45) is 11.8 Å². The first-order valence-corrected chi connectivity index (χ1v) is 11.9. The van der Waals surface area contributed by atoms with E-state index in [-0.39, 0.29) is 0 Å². The maximum Gasteiger partial charge on any atom is 0.0819 e. The minimum atomic E-state index is -0.401. The molecule has 1 saturated carbocycles. The zero-order chi connectivity index (χ0) is 20.9. The van der Waals surface area contributed by atoms with Crippen LogP contribution in [0.3, 0.4) is 0 Å². The maximum atomic E-state index is 10.9. The van der Waals surface area contributed by atoms with Gasteiger partial charge in [-0.2, -0.15) is 0 Å². The van der Waals surface area contributed by atoms with Gasteiger partial charge in [-0.05, 0) is 101 Å². The van der Waals surface area contributed by atoms with Gasteiger partial charge in [0.2, 0.25) is 0 Å². The van der Waals surface area contributed by atoms with E-state index in [4.69, 9.17) is 11.6 Å². The normalized spacial score (nSPS) is 24.1. The summed E-state index contributed by atoms with van der Waals surface area (Å²) >= 11 is 6.01. The second-order valence-electron chi connectivity index (χ2n) is 9.55. The molecule has 1 heterocycles. The zero-order valence-electron chi connectivity index (χ0n) is 17.7. The number of likely N-dealkylation sites (tertiary alicyclic amines) is 1. The smallest absolute Gasteiger partial charge is 0.0819 e. The Morgan fingerprint density at radius 2 is 1.81 bits per heavy atom. The monoisotopic (exact) mass is 429 g/mol. The zero-order valence-corrected chi connectivity index (χ0v) is 18.4. The molecule has 158 valence electrons. The van der Waals surface area contributed by atoms with Gasteiger partial charge >= 0.3 is 0 Å². The van der Waals surface area contributed by atoms with Gasteiger partial charge in [0.1, 0.15) is 0 Å². The number of allylic oxidation sites excluding steroid dienone is 1. The van der Waals surface area contributed by atoms with Crippen LogP contribution in [-0.2, 0) is 6.54 Å². The molecule has 3 heteroatoms. The molecule has 1 saturated heterocycles. The van der Waals surface area contributed by atoms with E-state index >= 15 is 0 Å². The highest BCUT2D eigenvalue weighted by Crippen LogP contribution is 2.55. The molecular weight excluding hydrogens is 402 g/mol. The van der Waals surface area contributed by atoms with Crippen molar-refractivity contribution in [2.45, 2.75) is 37.8 Å². The molecule has 3 aromatic carbocycles. The number of aliphatic hydroxyl groups is 1. The first kappa shape index (κ1) is 19.5. The maximum absolute atomic E-state index is 10.9. The number of rotatable bonds is 4. The molecule has 3 unspecified atom stereocenters. The van der Waals surface area contributed by atoms with Gasteiger partial charge in [-0.25, -0.2) is 0 Å². The lowest BCUT2D eigenvalue weighted by Gasteiger charge is -2.35. The predicted molar refractivity (Wildman–Crippen MR) is 128 cm³/mol. The summed E-state index contributed by atoms with van der Waals surface area (Å²) in [6.07, 6.45) is 7.74. The van der Waals surface area contributed by atoms with Crippen molar-refractivity contribution in [3.05, 3.63) is 87.9 Å². The molecule has 3 aliphatic rings. The molecular formula is C28H28ClNO. The van der Waals surface area contributed by atoms with Crippen LogP contribution in [0.4, 0.5) is 0 Å². The third kappa shape index (κ3) is 3.61. The largest absolute Gasteiger partial charge is 0.388 e. The standard InChI is InChI=1S/C28H28ClNO/c29-23-9-7-18(8-10-23)28(31)19-11-13-30(14-12-19)17-26-24-4-2-1-3-20(24)15-22-6-5-21-16-25(21)27(22)26/h1-10,15,19,21,25,28,31H,11-14,16-17H2. The van der Waals surface area contributed by atoms with Gasteiger partial charge in [0.05, 0.1) is 6.10 Å². The van der Waals surface area contributed by atoms with E-state index in [1.165, 1.54) is 22.8 Å². The first-order chi connectivity index (χ1) is 15.2. The van der Waals surface area contributed by atoms with E-state index in [1.807, 2.05) is 24.3 Å². The molecule has 6 rings (SSSR count). The Bertz CT molecular complexity index is 1140. The number of fused-ring (bicyclic) bond motifs is 4. The Balaban J connectivity index is 1.22. The van der Waals surface area contributed by atoms with Crippen molar-refractivity contribution in [1.82, 2.24) is 4.90 Å². The van der Waals surface area contributed by atoms with Crippen molar-refractivity contribution >= 4 is 28.4 Å². The van der Waals surface area contributed by atoms with Crippen LogP contribution in [0.15, 0.2) is 60.7 Å². The van der Waals surface area contributed by atoms with Crippen molar-refractivity contribution < 1.29 is 5.11 Å². The predicted octanol–water partition coefficient (Wildman–Crippen LogP) is 6.57. The third-order valence-corrected chi connectivity index (χ3v) is 7.89. The molecule has 2 fully saturated rings. The summed E-state index contributed by atoms with van der Waals surface area (Å²) in [5.74, 6) is 1.80. The summed E-state index contributed by atoms with van der Waals surface area (Å²) in [4.78, 5) is 2.60. The van der Waals surface area contributed by atoms with Crippen LogP contribution >= 0.6 is 11.6 Å². The number of halogens is 1. The molecule has 2 nitrogen and oxygen atoms in total. The molecule has 1 aliphatic heterocycles. The van der Waals surface area contributed by atoms with E-state index in [9.17, 15) is 5.11 Å². The fraction of sp³-hybridized carbons (Fsp3) is 0.357. The summed E-state index contributed by atoms with van der Waals surface area (Å²) in [5, 5.41) is 14.4. The van der Waals surface area contributed by atoms with Crippen LogP contribution in [0.2, 0.25) is 5.02 Å². The van der Waals surface area contributed by atoms with Crippen LogP contribution in [0, 0.1) is 11.8 Å². The number of hydrogen-bond donors (Lipinski definition) is 1. The number of aliphatic hydroxyl groups excluding tert-OH is 1. The van der Waals surface area contributed by atoms with E-state index in [1.54, 1.807) is 11.1 Å². The van der Waals surface area contributed by atoms with Gasteiger partial charge in [-0.3, -0.25) is 4.90 Å². The lowest BCUT2D eigenvalue weighted by molar-refractivity contribution is 0.0568. The number of benzene rings is 3. The quantitative estimate of drug-likeness (QED) is 0.507. The van der Waals surface area contributed by atoms with Gasteiger partial charge < -0.3 is 5.11 Å².